The molecule has 2 heteroatoms. The van der Waals surface area contributed by atoms with Crippen molar-refractivity contribution in [3.63, 3.8) is 0 Å². The molecular formula is C15H20N2. The van der Waals surface area contributed by atoms with E-state index in [2.05, 4.69) is 60.5 Å². The maximum atomic E-state index is 4.31. The van der Waals surface area contributed by atoms with Crippen LogP contribution in [0.15, 0.2) is 46.7 Å². The summed E-state index contributed by atoms with van der Waals surface area (Å²) < 4.78 is 0. The standard InChI is InChI=1S/C15H20N2/c1-15(2)11-6-9-14(10-12-15)17-16-13-7-4-3-5-8-13/h4,6-7,9-10,12H,3,5,8,11H2,1-2H3/b16-13-,17-14-. The zero-order valence-corrected chi connectivity index (χ0v) is 10.7. The summed E-state index contributed by atoms with van der Waals surface area (Å²) in [5.41, 5.74) is 2.27. The Kier molecular flexibility index (Phi) is 3.72. The molecule has 0 bridgehead atoms. The maximum absolute atomic E-state index is 4.31. The molecule has 17 heavy (non-hydrogen) atoms. The first-order chi connectivity index (χ1) is 8.16. The molecule has 0 N–H and O–H groups in total. The van der Waals surface area contributed by atoms with Crippen LogP contribution in [0.25, 0.3) is 0 Å². The fourth-order valence-corrected chi connectivity index (χ4v) is 1.89. The number of hydrogen-bond donors (Lipinski definition) is 0. The molecule has 0 amide bonds. The molecule has 0 fully saturated rings. The Bertz CT molecular complexity index is 420. The minimum atomic E-state index is 0.228. The van der Waals surface area contributed by atoms with Crippen molar-refractivity contribution in [1.29, 1.82) is 0 Å². The highest BCUT2D eigenvalue weighted by Crippen LogP contribution is 2.24. The van der Waals surface area contributed by atoms with E-state index in [1.165, 1.54) is 12.8 Å². The van der Waals surface area contributed by atoms with Crippen LogP contribution in [-0.4, -0.2) is 11.4 Å². The molecule has 90 valence electrons. The lowest BCUT2D eigenvalue weighted by Gasteiger charge is -2.15. The lowest BCUT2D eigenvalue weighted by atomic mass is 9.90. The molecule has 2 nitrogen and oxygen atoms in total. The summed E-state index contributed by atoms with van der Waals surface area (Å²) in [6.07, 6.45) is 17.2. The Morgan fingerprint density at radius 2 is 1.94 bits per heavy atom. The molecule has 0 heterocycles. The fraction of sp³-hybridized carbons (Fsp3) is 0.467. The molecule has 0 radical (unpaired) electrons. The van der Waals surface area contributed by atoms with Gasteiger partial charge in [0.1, 0.15) is 0 Å². The summed E-state index contributed by atoms with van der Waals surface area (Å²) in [6, 6.07) is 0. The molecule has 2 rings (SSSR count). The van der Waals surface area contributed by atoms with Gasteiger partial charge in [-0.3, -0.25) is 0 Å². The lowest BCUT2D eigenvalue weighted by Crippen LogP contribution is -2.04. The van der Waals surface area contributed by atoms with Gasteiger partial charge in [-0.1, -0.05) is 32.1 Å². The molecule has 0 spiro atoms. The lowest BCUT2D eigenvalue weighted by molar-refractivity contribution is 0.490. The minimum absolute atomic E-state index is 0.228. The monoisotopic (exact) mass is 228 g/mol. The first kappa shape index (κ1) is 12.0. The van der Waals surface area contributed by atoms with Crippen LogP contribution in [0.1, 0.15) is 39.5 Å². The van der Waals surface area contributed by atoms with E-state index in [0.29, 0.717) is 0 Å². The average molecular weight is 228 g/mol. The van der Waals surface area contributed by atoms with E-state index in [-0.39, 0.29) is 5.41 Å². The van der Waals surface area contributed by atoms with Crippen LogP contribution in [0.5, 0.6) is 0 Å². The third kappa shape index (κ3) is 3.81. The van der Waals surface area contributed by atoms with Crippen LogP contribution in [0.3, 0.4) is 0 Å². The van der Waals surface area contributed by atoms with Gasteiger partial charge in [-0.2, -0.15) is 10.2 Å². The van der Waals surface area contributed by atoms with Gasteiger partial charge in [0.15, 0.2) is 0 Å². The highest BCUT2D eigenvalue weighted by Gasteiger charge is 2.13. The van der Waals surface area contributed by atoms with Gasteiger partial charge < -0.3 is 0 Å². The van der Waals surface area contributed by atoms with E-state index < -0.39 is 0 Å². The Hall–Kier alpha value is -1.44. The average Bonchev–Trinajstić information content (AvgIpc) is 2.49. The van der Waals surface area contributed by atoms with Crippen molar-refractivity contribution in [2.45, 2.75) is 39.5 Å². The van der Waals surface area contributed by atoms with E-state index in [1.807, 2.05) is 0 Å². The molecule has 0 aliphatic heterocycles. The molecule has 0 saturated carbocycles. The van der Waals surface area contributed by atoms with Gasteiger partial charge in [0.25, 0.3) is 0 Å². The van der Waals surface area contributed by atoms with Crippen LogP contribution in [0, 0.1) is 5.41 Å². The molecular weight excluding hydrogens is 208 g/mol. The number of hydrogen-bond acceptors (Lipinski definition) is 2. The third-order valence-corrected chi connectivity index (χ3v) is 3.05. The van der Waals surface area contributed by atoms with Crippen molar-refractivity contribution < 1.29 is 0 Å². The summed E-state index contributed by atoms with van der Waals surface area (Å²) in [6.45, 7) is 4.46. The summed E-state index contributed by atoms with van der Waals surface area (Å²) >= 11 is 0. The smallest absolute Gasteiger partial charge is 0.0850 e. The van der Waals surface area contributed by atoms with Crippen LogP contribution in [-0.2, 0) is 0 Å². The molecule has 0 aromatic rings. The van der Waals surface area contributed by atoms with E-state index in [9.17, 15) is 0 Å². The molecule has 0 aromatic carbocycles. The Morgan fingerprint density at radius 1 is 1.06 bits per heavy atom. The van der Waals surface area contributed by atoms with Gasteiger partial charge >= 0.3 is 0 Å². The van der Waals surface area contributed by atoms with Gasteiger partial charge in [0.2, 0.25) is 0 Å². The summed E-state index contributed by atoms with van der Waals surface area (Å²) in [5, 5.41) is 8.62. The van der Waals surface area contributed by atoms with Crippen LogP contribution >= 0.6 is 0 Å². The quantitative estimate of drug-likeness (QED) is 0.604. The fourth-order valence-electron chi connectivity index (χ4n) is 1.89. The summed E-state index contributed by atoms with van der Waals surface area (Å²) in [7, 11) is 0. The maximum Gasteiger partial charge on any atom is 0.0850 e. The number of nitrogens with zero attached hydrogens (tertiary/aromatic N) is 2. The molecule has 0 saturated heterocycles. The van der Waals surface area contributed by atoms with E-state index >= 15 is 0 Å². The Morgan fingerprint density at radius 3 is 2.71 bits per heavy atom. The molecule has 0 aromatic heterocycles. The largest absolute Gasteiger partial charge is 0.155 e. The van der Waals surface area contributed by atoms with Crippen molar-refractivity contribution in [3.8, 4) is 0 Å². The summed E-state index contributed by atoms with van der Waals surface area (Å²) in [4.78, 5) is 0. The highest BCUT2D eigenvalue weighted by molar-refractivity contribution is 6.05. The van der Waals surface area contributed by atoms with Crippen molar-refractivity contribution >= 4 is 11.4 Å². The van der Waals surface area contributed by atoms with Gasteiger partial charge in [0, 0.05) is 0 Å². The van der Waals surface area contributed by atoms with Gasteiger partial charge in [-0.15, -0.1) is 0 Å². The number of allylic oxidation sites excluding steroid dienone is 6. The molecule has 2 aliphatic carbocycles. The first-order valence-electron chi connectivity index (χ1n) is 6.33. The number of rotatable bonds is 1. The molecule has 2 aliphatic rings. The van der Waals surface area contributed by atoms with Crippen molar-refractivity contribution in [3.05, 3.63) is 36.5 Å². The third-order valence-electron chi connectivity index (χ3n) is 3.05. The zero-order chi connectivity index (χ0) is 12.1. The van der Waals surface area contributed by atoms with Crippen LogP contribution in [0.4, 0.5) is 0 Å². The van der Waals surface area contributed by atoms with E-state index in [1.54, 1.807) is 0 Å². The van der Waals surface area contributed by atoms with E-state index in [0.717, 1.165) is 24.3 Å². The van der Waals surface area contributed by atoms with Crippen molar-refractivity contribution in [2.24, 2.45) is 15.6 Å². The van der Waals surface area contributed by atoms with Crippen LogP contribution in [0.2, 0.25) is 0 Å². The Balaban J connectivity index is 2.12. The summed E-state index contributed by atoms with van der Waals surface area (Å²) in [5.74, 6) is 0. The van der Waals surface area contributed by atoms with Gasteiger partial charge in [-0.05, 0) is 49.3 Å². The SMILES string of the molecule is CC1(C)C=C/C(=N\N=C2\C=CCCC2)C=CC1. The predicted octanol–water partition coefficient (Wildman–Crippen LogP) is 4.07. The zero-order valence-electron chi connectivity index (χ0n) is 10.7. The second-order valence-electron chi connectivity index (χ2n) is 5.34. The normalized spacial score (nSPS) is 27.6. The van der Waals surface area contributed by atoms with Crippen molar-refractivity contribution in [2.75, 3.05) is 0 Å². The highest BCUT2D eigenvalue weighted by atomic mass is 15.2. The molecule has 0 unspecified atom stereocenters. The topological polar surface area (TPSA) is 24.7 Å². The van der Waals surface area contributed by atoms with Crippen LogP contribution < -0.4 is 0 Å². The second-order valence-corrected chi connectivity index (χ2v) is 5.34. The molecule has 0 atom stereocenters. The minimum Gasteiger partial charge on any atom is -0.155 e. The first-order valence-corrected chi connectivity index (χ1v) is 6.33. The van der Waals surface area contributed by atoms with E-state index in [4.69, 9.17) is 0 Å². The van der Waals surface area contributed by atoms with Gasteiger partial charge in [-0.25, -0.2) is 0 Å². The Labute approximate surface area is 104 Å². The predicted molar refractivity (Wildman–Crippen MR) is 74.5 cm³/mol. The van der Waals surface area contributed by atoms with Crippen molar-refractivity contribution in [1.82, 2.24) is 0 Å². The second kappa shape index (κ2) is 5.26. The van der Waals surface area contributed by atoms with Gasteiger partial charge in [0.05, 0.1) is 11.4 Å².